The van der Waals surface area contributed by atoms with Crippen molar-refractivity contribution in [2.75, 3.05) is 19.7 Å². The van der Waals surface area contributed by atoms with E-state index in [1.807, 2.05) is 51.1 Å². The highest BCUT2D eigenvalue weighted by molar-refractivity contribution is 8.02. The minimum absolute atomic E-state index is 0.0388. The zero-order valence-electron chi connectivity index (χ0n) is 23.7. The zero-order valence-corrected chi connectivity index (χ0v) is 24.5. The van der Waals surface area contributed by atoms with Crippen molar-refractivity contribution in [2.45, 2.75) is 75.2 Å². The average molecular weight is 554 g/mol. The molecule has 39 heavy (non-hydrogen) atoms. The van der Waals surface area contributed by atoms with E-state index in [0.29, 0.717) is 26.1 Å². The standard InChI is InChI=1S/C31H43N3O4S/c1-7-15-32(18-22-13-11-10-12-14-22)28(36)25-24-17-21(6)31(39-24)26(25)29(37)34(23(9-3)19-35)27(31)30(38)33(16-8-2)20(4)5/h7-8,10-14,20-21,23-27,35H,1-2,9,15-19H2,3-6H3/t21?,23-,24-,25+,26-,27?,31?/m0/s1. The number of carbonyl (C=O) groups is 3. The van der Waals surface area contributed by atoms with Gasteiger partial charge in [-0.2, -0.15) is 0 Å². The topological polar surface area (TPSA) is 81.2 Å². The molecule has 1 N–H and O–H groups in total. The lowest BCUT2D eigenvalue weighted by atomic mass is 9.65. The third kappa shape index (κ3) is 4.84. The Balaban J connectivity index is 1.78. The molecule has 0 radical (unpaired) electrons. The van der Waals surface area contributed by atoms with Crippen molar-refractivity contribution in [2.24, 2.45) is 17.8 Å². The van der Waals surface area contributed by atoms with E-state index in [4.69, 9.17) is 0 Å². The highest BCUT2D eigenvalue weighted by atomic mass is 32.2. The van der Waals surface area contributed by atoms with E-state index in [1.54, 1.807) is 38.6 Å². The van der Waals surface area contributed by atoms with Crippen molar-refractivity contribution in [3.8, 4) is 0 Å². The first-order chi connectivity index (χ1) is 18.7. The number of aliphatic hydroxyl groups excluding tert-OH is 1. The van der Waals surface area contributed by atoms with Crippen molar-refractivity contribution in [3.05, 3.63) is 61.2 Å². The number of likely N-dealkylation sites (tertiary alicyclic amines) is 1. The van der Waals surface area contributed by atoms with Crippen LogP contribution in [-0.2, 0) is 20.9 Å². The van der Waals surface area contributed by atoms with Gasteiger partial charge in [-0.3, -0.25) is 14.4 Å². The highest BCUT2D eigenvalue weighted by Crippen LogP contribution is 2.69. The number of rotatable bonds is 12. The van der Waals surface area contributed by atoms with Crippen LogP contribution in [0.4, 0.5) is 0 Å². The van der Waals surface area contributed by atoms with E-state index >= 15 is 0 Å². The minimum atomic E-state index is -0.737. The van der Waals surface area contributed by atoms with Crippen LogP contribution in [0.15, 0.2) is 55.6 Å². The number of benzene rings is 1. The number of hydrogen-bond donors (Lipinski definition) is 1. The summed E-state index contributed by atoms with van der Waals surface area (Å²) in [6.07, 6.45) is 4.73. The summed E-state index contributed by atoms with van der Waals surface area (Å²) in [6.45, 7) is 16.7. The van der Waals surface area contributed by atoms with Crippen LogP contribution in [0.3, 0.4) is 0 Å². The number of aliphatic hydroxyl groups is 1. The minimum Gasteiger partial charge on any atom is -0.394 e. The van der Waals surface area contributed by atoms with Crippen LogP contribution < -0.4 is 0 Å². The summed E-state index contributed by atoms with van der Waals surface area (Å²) in [6, 6.07) is 8.53. The molecule has 3 aliphatic heterocycles. The van der Waals surface area contributed by atoms with Crippen LogP contribution in [0, 0.1) is 17.8 Å². The first kappa shape index (κ1) is 29.4. The number of nitrogens with zero attached hydrogens (tertiary/aromatic N) is 3. The van der Waals surface area contributed by atoms with Crippen molar-refractivity contribution in [1.82, 2.24) is 14.7 Å². The second-order valence-corrected chi connectivity index (χ2v) is 13.0. The molecule has 3 saturated heterocycles. The van der Waals surface area contributed by atoms with Crippen molar-refractivity contribution in [1.29, 1.82) is 0 Å². The Morgan fingerprint density at radius 2 is 1.85 bits per heavy atom. The maximum absolute atomic E-state index is 14.4. The molecule has 0 aliphatic carbocycles. The molecule has 1 spiro atoms. The normalized spacial score (nSPS) is 29.8. The van der Waals surface area contributed by atoms with Crippen LogP contribution in [-0.4, -0.2) is 85.3 Å². The number of hydrogen-bond acceptors (Lipinski definition) is 5. The lowest BCUT2D eigenvalue weighted by Gasteiger charge is -2.43. The van der Waals surface area contributed by atoms with Gasteiger partial charge in [0.25, 0.3) is 0 Å². The second-order valence-electron chi connectivity index (χ2n) is 11.4. The monoisotopic (exact) mass is 553 g/mol. The van der Waals surface area contributed by atoms with Gasteiger partial charge in [0.2, 0.25) is 17.7 Å². The van der Waals surface area contributed by atoms with Crippen LogP contribution >= 0.6 is 11.8 Å². The third-order valence-corrected chi connectivity index (χ3v) is 11.0. The molecule has 3 aliphatic rings. The molecule has 3 heterocycles. The van der Waals surface area contributed by atoms with E-state index in [1.165, 1.54) is 0 Å². The summed E-state index contributed by atoms with van der Waals surface area (Å²) in [5, 5.41) is 10.3. The molecule has 0 saturated carbocycles. The molecular weight excluding hydrogens is 510 g/mol. The number of carbonyl (C=O) groups excluding carboxylic acids is 3. The Hall–Kier alpha value is -2.58. The van der Waals surface area contributed by atoms with Gasteiger partial charge in [-0.25, -0.2) is 0 Å². The Labute approximate surface area is 237 Å². The fourth-order valence-electron chi connectivity index (χ4n) is 7.08. The molecule has 7 nitrogen and oxygen atoms in total. The van der Waals surface area contributed by atoms with E-state index in [0.717, 1.165) is 12.0 Å². The van der Waals surface area contributed by atoms with Gasteiger partial charge in [0, 0.05) is 30.9 Å². The van der Waals surface area contributed by atoms with Gasteiger partial charge >= 0.3 is 0 Å². The van der Waals surface area contributed by atoms with Gasteiger partial charge in [0.15, 0.2) is 0 Å². The summed E-state index contributed by atoms with van der Waals surface area (Å²) in [4.78, 5) is 48.3. The van der Waals surface area contributed by atoms with Gasteiger partial charge in [-0.1, -0.05) is 56.3 Å². The molecule has 212 valence electrons. The summed E-state index contributed by atoms with van der Waals surface area (Å²) in [5.41, 5.74) is 1.02. The first-order valence-corrected chi connectivity index (χ1v) is 15.0. The Kier molecular flexibility index (Phi) is 8.96. The fraction of sp³-hybridized carbons (Fsp3) is 0.581. The lowest BCUT2D eigenvalue weighted by molar-refractivity contribution is -0.147. The molecule has 7 atom stereocenters. The Bertz CT molecular complexity index is 1090. The van der Waals surface area contributed by atoms with Crippen LogP contribution in [0.1, 0.15) is 46.1 Å². The van der Waals surface area contributed by atoms with Crippen LogP contribution in [0.5, 0.6) is 0 Å². The SMILES string of the molecule is C=CCN(Cc1ccccc1)C(=O)[C@@H]1[C@@H]2CC(C)C3(S2)C(C(=O)N(CC=C)C(C)C)N([C@@H](CC)CO)C(=O)[C@H]13. The maximum Gasteiger partial charge on any atom is 0.247 e. The largest absolute Gasteiger partial charge is 0.394 e. The molecule has 1 aromatic carbocycles. The predicted molar refractivity (Wildman–Crippen MR) is 156 cm³/mol. The molecule has 8 heteroatoms. The van der Waals surface area contributed by atoms with Crippen molar-refractivity contribution < 1.29 is 19.5 Å². The van der Waals surface area contributed by atoms with E-state index in [2.05, 4.69) is 20.1 Å². The van der Waals surface area contributed by atoms with E-state index < -0.39 is 28.7 Å². The molecule has 3 unspecified atom stereocenters. The van der Waals surface area contributed by atoms with Gasteiger partial charge in [-0.05, 0) is 38.2 Å². The second kappa shape index (κ2) is 11.9. The van der Waals surface area contributed by atoms with E-state index in [9.17, 15) is 19.5 Å². The van der Waals surface area contributed by atoms with E-state index in [-0.39, 0.29) is 41.5 Å². The van der Waals surface area contributed by atoms with Gasteiger partial charge in [0.1, 0.15) is 6.04 Å². The molecule has 4 rings (SSSR count). The fourth-order valence-corrected chi connectivity index (χ4v) is 9.48. The summed E-state index contributed by atoms with van der Waals surface area (Å²) in [7, 11) is 0. The molecule has 2 bridgehead atoms. The molecule has 3 amide bonds. The van der Waals surface area contributed by atoms with Crippen molar-refractivity contribution >= 4 is 29.5 Å². The number of fused-ring (bicyclic) bond motifs is 1. The van der Waals surface area contributed by atoms with Gasteiger partial charge < -0.3 is 19.8 Å². The summed E-state index contributed by atoms with van der Waals surface area (Å²) < 4.78 is -0.720. The number of amides is 3. The Morgan fingerprint density at radius 1 is 1.18 bits per heavy atom. The quantitative estimate of drug-likeness (QED) is 0.399. The highest BCUT2D eigenvalue weighted by Gasteiger charge is 2.77. The summed E-state index contributed by atoms with van der Waals surface area (Å²) in [5.74, 6) is -1.41. The molecule has 1 aromatic rings. The maximum atomic E-state index is 14.4. The number of thioether (sulfide) groups is 1. The smallest absolute Gasteiger partial charge is 0.247 e. The predicted octanol–water partition coefficient (Wildman–Crippen LogP) is 3.73. The van der Waals surface area contributed by atoms with Crippen LogP contribution in [0.2, 0.25) is 0 Å². The first-order valence-electron chi connectivity index (χ1n) is 14.1. The molecular formula is C31H43N3O4S. The summed E-state index contributed by atoms with van der Waals surface area (Å²) >= 11 is 1.67. The van der Waals surface area contributed by atoms with Crippen LogP contribution in [0.25, 0.3) is 0 Å². The van der Waals surface area contributed by atoms with Gasteiger partial charge in [0.05, 0.1) is 29.2 Å². The third-order valence-electron chi connectivity index (χ3n) is 8.89. The lowest BCUT2D eigenvalue weighted by Crippen LogP contribution is -2.60. The molecule has 3 fully saturated rings. The Morgan fingerprint density at radius 3 is 2.41 bits per heavy atom. The van der Waals surface area contributed by atoms with Gasteiger partial charge in [-0.15, -0.1) is 24.9 Å². The van der Waals surface area contributed by atoms with Crippen molar-refractivity contribution in [3.63, 3.8) is 0 Å². The zero-order chi connectivity index (χ0) is 28.5. The average Bonchev–Trinajstić information content (AvgIpc) is 3.51. The molecule has 0 aromatic heterocycles.